The molecule has 0 aliphatic carbocycles. The highest BCUT2D eigenvalue weighted by Gasteiger charge is 2.45. The fraction of sp³-hybridized carbons (Fsp3) is 0.833. The predicted octanol–water partition coefficient (Wildman–Crippen LogP) is 0.583. The summed E-state index contributed by atoms with van der Waals surface area (Å²) in [4.78, 5) is 12.1. The maximum atomic E-state index is 12.1. The molecule has 1 radical (unpaired) electrons. The molecule has 0 spiro atoms. The van der Waals surface area contributed by atoms with Gasteiger partial charge in [-0.25, -0.2) is 4.79 Å². The molecule has 1 unspecified atom stereocenters. The second kappa shape index (κ2) is 5.75. The van der Waals surface area contributed by atoms with Crippen LogP contribution >= 0.6 is 0 Å². The van der Waals surface area contributed by atoms with Crippen LogP contribution in [0.2, 0.25) is 0 Å². The van der Waals surface area contributed by atoms with Gasteiger partial charge in [0.25, 0.3) is 0 Å². The van der Waals surface area contributed by atoms with E-state index in [0.717, 1.165) is 0 Å². The molecule has 0 heterocycles. The van der Waals surface area contributed by atoms with Gasteiger partial charge in [0.05, 0.1) is 27.2 Å². The van der Waals surface area contributed by atoms with Gasteiger partial charge in [0, 0.05) is 12.3 Å². The molecule has 0 aliphatic rings. The smallest absolute Gasteiger partial charge is 0.342 e. The van der Waals surface area contributed by atoms with Gasteiger partial charge in [-0.1, -0.05) is 13.8 Å². The van der Waals surface area contributed by atoms with Crippen LogP contribution in [-0.2, 0) is 4.79 Å². The Labute approximate surface area is 98.5 Å². The fourth-order valence-corrected chi connectivity index (χ4v) is 1.65. The predicted molar refractivity (Wildman–Crippen MR) is 63.4 cm³/mol. The molecule has 0 saturated carbocycles. The third kappa shape index (κ3) is 2.81. The summed E-state index contributed by atoms with van der Waals surface area (Å²) in [5, 5.41) is 19.5. The summed E-state index contributed by atoms with van der Waals surface area (Å²) in [6.45, 7) is 7.65. The van der Waals surface area contributed by atoms with Gasteiger partial charge in [0.15, 0.2) is 6.10 Å². The largest absolute Gasteiger partial charge is 0.396 e. The molecule has 0 aliphatic heterocycles. The van der Waals surface area contributed by atoms with Crippen LogP contribution in [0.25, 0.3) is 0 Å². The van der Waals surface area contributed by atoms with Crippen molar-refractivity contribution in [2.24, 2.45) is 5.41 Å². The number of aliphatic hydroxyl groups is 2. The van der Waals surface area contributed by atoms with Gasteiger partial charge in [-0.3, -0.25) is 4.48 Å². The Kier molecular flexibility index (Phi) is 5.59. The minimum atomic E-state index is -1.13. The number of nitrogens with zero attached hydrogens (tertiary/aromatic N) is 1. The van der Waals surface area contributed by atoms with Crippen molar-refractivity contribution < 1.29 is 19.5 Å². The number of aliphatic hydroxyl groups excluding tert-OH is 2. The Balaban J connectivity index is 5.03. The zero-order valence-corrected chi connectivity index (χ0v) is 10.9. The van der Waals surface area contributed by atoms with Crippen LogP contribution in [-0.4, -0.2) is 54.0 Å². The monoisotopic (exact) mass is 231 g/mol. The van der Waals surface area contributed by atoms with Crippen LogP contribution in [0.3, 0.4) is 0 Å². The number of hydrogen-bond donors (Lipinski definition) is 2. The summed E-state index contributed by atoms with van der Waals surface area (Å²) in [5.74, 6) is -0.284. The first kappa shape index (κ1) is 15.6. The van der Waals surface area contributed by atoms with E-state index in [2.05, 4.69) is 6.92 Å². The van der Waals surface area contributed by atoms with Crippen molar-refractivity contribution in [2.75, 3.05) is 27.2 Å². The maximum Gasteiger partial charge on any atom is 0.342 e. The molecular formula is C12H25NO3+. The minimum Gasteiger partial charge on any atom is -0.396 e. The molecule has 0 rings (SSSR count). The van der Waals surface area contributed by atoms with E-state index >= 15 is 0 Å². The van der Waals surface area contributed by atoms with E-state index in [1.165, 1.54) is 0 Å². The summed E-state index contributed by atoms with van der Waals surface area (Å²) < 4.78 is 0.0307. The first-order valence-electron chi connectivity index (χ1n) is 5.77. The van der Waals surface area contributed by atoms with E-state index in [1.54, 1.807) is 14.1 Å². The van der Waals surface area contributed by atoms with Gasteiger partial charge in [-0.2, -0.15) is 0 Å². The van der Waals surface area contributed by atoms with Crippen molar-refractivity contribution in [3.8, 4) is 0 Å². The molecule has 0 aromatic rings. The van der Waals surface area contributed by atoms with E-state index in [0.29, 0.717) is 19.4 Å². The number of carbonyl (C=O) groups excluding carboxylic acids is 1. The molecule has 0 aromatic heterocycles. The summed E-state index contributed by atoms with van der Waals surface area (Å²) in [5.41, 5.74) is -0.720. The molecule has 4 heteroatoms. The van der Waals surface area contributed by atoms with Crippen molar-refractivity contribution in [1.82, 2.24) is 0 Å². The summed E-state index contributed by atoms with van der Waals surface area (Å²) in [7, 11) is 3.43. The average Bonchev–Trinajstić information content (AvgIpc) is 2.30. The van der Waals surface area contributed by atoms with E-state index in [4.69, 9.17) is 0 Å². The SMILES string of the molecule is [CH2]C[N+](C)(C)C(=O)C(O)C(CC)(CC)CO. The average molecular weight is 231 g/mol. The molecule has 0 fully saturated rings. The van der Waals surface area contributed by atoms with Gasteiger partial charge in [-0.15, -0.1) is 0 Å². The molecule has 95 valence electrons. The van der Waals surface area contributed by atoms with Crippen LogP contribution < -0.4 is 0 Å². The quantitative estimate of drug-likeness (QED) is 0.658. The molecule has 16 heavy (non-hydrogen) atoms. The molecule has 1 amide bonds. The lowest BCUT2D eigenvalue weighted by Gasteiger charge is -2.37. The van der Waals surface area contributed by atoms with Crippen molar-refractivity contribution in [3.63, 3.8) is 0 Å². The van der Waals surface area contributed by atoms with Gasteiger partial charge >= 0.3 is 5.91 Å². The zero-order chi connectivity index (χ0) is 13.0. The Hall–Kier alpha value is -0.450. The summed E-state index contributed by atoms with van der Waals surface area (Å²) >= 11 is 0. The van der Waals surface area contributed by atoms with Gasteiger partial charge in [-0.05, 0) is 12.8 Å². The first-order chi connectivity index (χ1) is 7.31. The summed E-state index contributed by atoms with van der Waals surface area (Å²) in [6, 6.07) is 0. The number of hydrogen-bond acceptors (Lipinski definition) is 3. The van der Waals surface area contributed by atoms with Crippen LogP contribution in [0.1, 0.15) is 26.7 Å². The Bertz CT molecular complexity index is 226. The Morgan fingerprint density at radius 1 is 1.38 bits per heavy atom. The third-order valence-electron chi connectivity index (χ3n) is 3.69. The number of amides is 1. The second-order valence-corrected chi connectivity index (χ2v) is 4.88. The van der Waals surface area contributed by atoms with Crippen LogP contribution in [0.15, 0.2) is 0 Å². The second-order valence-electron chi connectivity index (χ2n) is 4.88. The highest BCUT2D eigenvalue weighted by atomic mass is 16.3. The number of carbonyl (C=O) groups is 1. The molecule has 1 atom stereocenters. The first-order valence-corrected chi connectivity index (χ1v) is 5.77. The maximum absolute atomic E-state index is 12.1. The number of likely N-dealkylation sites (N-methyl/N-ethyl adjacent to an activating group) is 1. The van der Waals surface area contributed by atoms with Crippen LogP contribution in [0.4, 0.5) is 0 Å². The molecule has 0 saturated heterocycles. The highest BCUT2D eigenvalue weighted by molar-refractivity contribution is 5.74. The Morgan fingerprint density at radius 2 is 1.81 bits per heavy atom. The van der Waals surface area contributed by atoms with Crippen LogP contribution in [0, 0.1) is 12.3 Å². The van der Waals surface area contributed by atoms with E-state index in [1.807, 2.05) is 13.8 Å². The molecule has 4 nitrogen and oxygen atoms in total. The third-order valence-corrected chi connectivity index (χ3v) is 3.69. The van der Waals surface area contributed by atoms with Crippen LogP contribution in [0.5, 0.6) is 0 Å². The number of quaternary nitrogens is 1. The lowest BCUT2D eigenvalue weighted by molar-refractivity contribution is -0.810. The lowest BCUT2D eigenvalue weighted by atomic mass is 9.77. The standard InChI is InChI=1S/C12H25NO3/c1-6-12(7-2,9-14)10(15)11(16)13(4,5)8-3/h10,14-15H,3,6-9H2,1-2,4-5H3/q+1. The highest BCUT2D eigenvalue weighted by Crippen LogP contribution is 2.31. The molecule has 0 aromatic carbocycles. The van der Waals surface area contributed by atoms with Gasteiger partial charge < -0.3 is 10.2 Å². The zero-order valence-electron chi connectivity index (χ0n) is 10.9. The normalized spacial score (nSPS) is 14.9. The summed E-state index contributed by atoms with van der Waals surface area (Å²) in [6.07, 6.45) is 0.0120. The number of rotatable bonds is 6. The Morgan fingerprint density at radius 3 is 2.06 bits per heavy atom. The van der Waals surface area contributed by atoms with E-state index in [9.17, 15) is 15.0 Å². The molecular weight excluding hydrogens is 206 g/mol. The topological polar surface area (TPSA) is 57.5 Å². The van der Waals surface area contributed by atoms with Gasteiger partial charge in [0.1, 0.15) is 0 Å². The van der Waals surface area contributed by atoms with Crippen molar-refractivity contribution in [2.45, 2.75) is 32.8 Å². The van der Waals surface area contributed by atoms with Crippen molar-refractivity contribution in [1.29, 1.82) is 0 Å². The fourth-order valence-electron chi connectivity index (χ4n) is 1.65. The minimum absolute atomic E-state index is 0.0307. The molecule has 0 bridgehead atoms. The lowest BCUT2D eigenvalue weighted by Crippen LogP contribution is -2.56. The van der Waals surface area contributed by atoms with E-state index in [-0.39, 0.29) is 17.0 Å². The van der Waals surface area contributed by atoms with E-state index < -0.39 is 11.5 Å². The van der Waals surface area contributed by atoms with Crippen molar-refractivity contribution >= 4 is 5.91 Å². The molecule has 2 N–H and O–H groups in total. The van der Waals surface area contributed by atoms with Gasteiger partial charge in [0.2, 0.25) is 0 Å². The van der Waals surface area contributed by atoms with Crippen molar-refractivity contribution in [3.05, 3.63) is 6.92 Å².